The molecular weight excluding hydrogens is 302 g/mol. The average Bonchev–Trinajstić information content (AvgIpc) is 3.14. The highest BCUT2D eigenvalue weighted by Crippen LogP contribution is 2.46. The van der Waals surface area contributed by atoms with Crippen LogP contribution in [-0.4, -0.2) is 40.1 Å². The third-order valence-electron chi connectivity index (χ3n) is 4.56. The monoisotopic (exact) mass is 321 g/mol. The van der Waals surface area contributed by atoms with Gasteiger partial charge in [-0.1, -0.05) is 6.07 Å². The molecule has 2 heterocycles. The van der Waals surface area contributed by atoms with Gasteiger partial charge in [-0.25, -0.2) is 0 Å². The van der Waals surface area contributed by atoms with Crippen LogP contribution in [0.25, 0.3) is 22.2 Å². The van der Waals surface area contributed by atoms with E-state index in [1.165, 1.54) is 4.90 Å². The second-order valence-corrected chi connectivity index (χ2v) is 6.62. The van der Waals surface area contributed by atoms with Crippen LogP contribution in [0.1, 0.15) is 28.9 Å². The minimum Gasteiger partial charge on any atom is -0.343 e. The Labute approximate surface area is 139 Å². The molecule has 3 N–H and O–H groups in total. The number of aromatic amines is 1. The maximum Gasteiger partial charge on any atom is 0.271 e. The normalized spacial score (nSPS) is 15.5. The van der Waals surface area contributed by atoms with Crippen molar-refractivity contribution in [2.24, 2.45) is 5.73 Å². The van der Waals surface area contributed by atoms with Crippen molar-refractivity contribution in [1.82, 2.24) is 20.1 Å². The zero-order chi connectivity index (χ0) is 16.9. The Hall–Kier alpha value is -2.73. The fourth-order valence-electron chi connectivity index (χ4n) is 2.97. The fraction of sp³-hybridized carbons (Fsp3) is 0.278. The number of nitrogens with zero attached hydrogens (tertiary/aromatic N) is 3. The summed E-state index contributed by atoms with van der Waals surface area (Å²) in [5, 5.41) is 8.20. The molecule has 6 heteroatoms. The minimum absolute atomic E-state index is 0.106. The van der Waals surface area contributed by atoms with Crippen LogP contribution < -0.4 is 5.73 Å². The Balaban J connectivity index is 1.84. The Morgan fingerprint density at radius 3 is 2.79 bits per heavy atom. The summed E-state index contributed by atoms with van der Waals surface area (Å²) in [5.41, 5.74) is 10.3. The Morgan fingerprint density at radius 1 is 1.29 bits per heavy atom. The van der Waals surface area contributed by atoms with Crippen molar-refractivity contribution in [3.8, 4) is 11.3 Å². The number of carbonyl (C=O) groups is 1. The number of nitrogens with one attached hydrogen (secondary N) is 1. The molecule has 1 amide bonds. The number of amides is 1. The van der Waals surface area contributed by atoms with E-state index in [4.69, 9.17) is 5.73 Å². The van der Waals surface area contributed by atoms with Crippen molar-refractivity contribution in [1.29, 1.82) is 0 Å². The number of rotatable bonds is 3. The van der Waals surface area contributed by atoms with Crippen LogP contribution in [0.2, 0.25) is 0 Å². The van der Waals surface area contributed by atoms with Gasteiger partial charge in [0.2, 0.25) is 0 Å². The SMILES string of the molecule is CN(C)C(=O)c1cc(-c2cc(C3(N)CC3)c3cccnc3c2)n[nH]1. The highest BCUT2D eigenvalue weighted by Gasteiger charge is 2.41. The lowest BCUT2D eigenvalue weighted by atomic mass is 9.96. The zero-order valence-electron chi connectivity index (χ0n) is 13.7. The molecular formula is C18H19N5O. The van der Waals surface area contributed by atoms with Crippen molar-refractivity contribution in [3.63, 3.8) is 0 Å². The third-order valence-corrected chi connectivity index (χ3v) is 4.56. The Morgan fingerprint density at radius 2 is 2.08 bits per heavy atom. The second kappa shape index (κ2) is 5.14. The van der Waals surface area contributed by atoms with Gasteiger partial charge >= 0.3 is 0 Å². The summed E-state index contributed by atoms with van der Waals surface area (Å²) >= 11 is 0. The molecule has 1 aliphatic carbocycles. The lowest BCUT2D eigenvalue weighted by molar-refractivity contribution is 0.0822. The topological polar surface area (TPSA) is 87.9 Å². The molecule has 0 spiro atoms. The molecule has 6 nitrogen and oxygen atoms in total. The van der Waals surface area contributed by atoms with Crippen LogP contribution in [0, 0.1) is 0 Å². The van der Waals surface area contributed by atoms with E-state index in [0.717, 1.165) is 40.6 Å². The molecule has 0 radical (unpaired) electrons. The van der Waals surface area contributed by atoms with Gasteiger partial charge < -0.3 is 10.6 Å². The summed E-state index contributed by atoms with van der Waals surface area (Å²) in [5.74, 6) is -0.106. The highest BCUT2D eigenvalue weighted by atomic mass is 16.2. The van der Waals surface area contributed by atoms with Gasteiger partial charge in [-0.15, -0.1) is 0 Å². The quantitative estimate of drug-likeness (QED) is 0.774. The predicted molar refractivity (Wildman–Crippen MR) is 92.4 cm³/mol. The van der Waals surface area contributed by atoms with Crippen molar-refractivity contribution >= 4 is 16.8 Å². The first-order chi connectivity index (χ1) is 11.5. The molecule has 0 saturated heterocycles. The van der Waals surface area contributed by atoms with E-state index in [1.807, 2.05) is 12.1 Å². The van der Waals surface area contributed by atoms with Gasteiger partial charge in [0.15, 0.2) is 0 Å². The van der Waals surface area contributed by atoms with E-state index in [1.54, 1.807) is 26.4 Å². The zero-order valence-corrected chi connectivity index (χ0v) is 13.7. The van der Waals surface area contributed by atoms with E-state index in [2.05, 4.69) is 27.3 Å². The van der Waals surface area contributed by atoms with E-state index in [9.17, 15) is 4.79 Å². The molecule has 3 aromatic rings. The van der Waals surface area contributed by atoms with Gasteiger partial charge in [0.25, 0.3) is 5.91 Å². The lowest BCUT2D eigenvalue weighted by Gasteiger charge is -2.14. The van der Waals surface area contributed by atoms with Gasteiger partial charge in [-0.3, -0.25) is 14.9 Å². The largest absolute Gasteiger partial charge is 0.343 e. The number of hydrogen-bond donors (Lipinski definition) is 2. The fourth-order valence-corrected chi connectivity index (χ4v) is 2.97. The Bertz CT molecular complexity index is 939. The molecule has 1 saturated carbocycles. The summed E-state index contributed by atoms with van der Waals surface area (Å²) in [6, 6.07) is 9.83. The van der Waals surface area contributed by atoms with E-state index >= 15 is 0 Å². The lowest BCUT2D eigenvalue weighted by Crippen LogP contribution is -2.21. The van der Waals surface area contributed by atoms with Crippen molar-refractivity contribution in [2.75, 3.05) is 14.1 Å². The van der Waals surface area contributed by atoms with Crippen molar-refractivity contribution < 1.29 is 4.79 Å². The van der Waals surface area contributed by atoms with E-state index in [-0.39, 0.29) is 11.4 Å². The van der Waals surface area contributed by atoms with Crippen LogP contribution in [-0.2, 0) is 5.54 Å². The molecule has 24 heavy (non-hydrogen) atoms. The highest BCUT2D eigenvalue weighted by molar-refractivity contribution is 5.94. The van der Waals surface area contributed by atoms with Crippen molar-refractivity contribution in [3.05, 3.63) is 47.8 Å². The van der Waals surface area contributed by atoms with Gasteiger partial charge in [0, 0.05) is 36.8 Å². The maximum absolute atomic E-state index is 12.1. The molecule has 4 rings (SSSR count). The maximum atomic E-state index is 12.1. The molecule has 0 bridgehead atoms. The predicted octanol–water partition coefficient (Wildman–Crippen LogP) is 2.27. The minimum atomic E-state index is -0.268. The molecule has 1 fully saturated rings. The summed E-state index contributed by atoms with van der Waals surface area (Å²) in [4.78, 5) is 18.0. The van der Waals surface area contributed by atoms with Crippen LogP contribution in [0.5, 0.6) is 0 Å². The first-order valence-electron chi connectivity index (χ1n) is 7.93. The summed E-state index contributed by atoms with van der Waals surface area (Å²) in [6.07, 6.45) is 3.73. The van der Waals surface area contributed by atoms with Crippen LogP contribution in [0.4, 0.5) is 0 Å². The molecule has 0 atom stereocenters. The first-order valence-corrected chi connectivity index (χ1v) is 7.93. The number of fused-ring (bicyclic) bond motifs is 1. The number of benzene rings is 1. The number of aromatic nitrogens is 3. The molecule has 122 valence electrons. The van der Waals surface area contributed by atoms with E-state index < -0.39 is 0 Å². The number of nitrogens with two attached hydrogens (primary N) is 1. The Kier molecular flexibility index (Phi) is 3.18. The molecule has 0 unspecified atom stereocenters. The molecule has 1 aromatic carbocycles. The van der Waals surface area contributed by atoms with Gasteiger partial charge in [-0.2, -0.15) is 5.10 Å². The molecule has 0 aliphatic heterocycles. The number of carbonyl (C=O) groups excluding carboxylic acids is 1. The van der Waals surface area contributed by atoms with Crippen LogP contribution in [0.15, 0.2) is 36.5 Å². The summed E-state index contributed by atoms with van der Waals surface area (Å²) in [6.45, 7) is 0. The van der Waals surface area contributed by atoms with Gasteiger partial charge in [-0.05, 0) is 42.7 Å². The number of H-pyrrole nitrogens is 1. The average molecular weight is 321 g/mol. The third kappa shape index (κ3) is 2.35. The van der Waals surface area contributed by atoms with Crippen LogP contribution >= 0.6 is 0 Å². The molecule has 2 aromatic heterocycles. The summed E-state index contributed by atoms with van der Waals surface area (Å²) < 4.78 is 0. The second-order valence-electron chi connectivity index (χ2n) is 6.62. The molecule has 1 aliphatic rings. The smallest absolute Gasteiger partial charge is 0.271 e. The number of hydrogen-bond acceptors (Lipinski definition) is 4. The van der Waals surface area contributed by atoms with Gasteiger partial charge in [0.05, 0.1) is 11.2 Å². The van der Waals surface area contributed by atoms with Crippen molar-refractivity contribution in [2.45, 2.75) is 18.4 Å². The summed E-state index contributed by atoms with van der Waals surface area (Å²) in [7, 11) is 3.43. The van der Waals surface area contributed by atoms with Crippen LogP contribution in [0.3, 0.4) is 0 Å². The standard InChI is InChI=1S/C18H19N5O/c1-23(2)17(24)16-10-14(21-22-16)11-8-13(18(19)5-6-18)12-4-3-7-20-15(12)9-11/h3-4,7-10H,5-6,19H2,1-2H3,(H,21,22). The first kappa shape index (κ1) is 14.8. The van der Waals surface area contributed by atoms with E-state index in [0.29, 0.717) is 5.69 Å². The number of pyridine rings is 1. The van der Waals surface area contributed by atoms with Gasteiger partial charge in [0.1, 0.15) is 5.69 Å².